The van der Waals surface area contributed by atoms with Gasteiger partial charge >= 0.3 is 5.97 Å². The first-order chi connectivity index (χ1) is 31.6. The van der Waals surface area contributed by atoms with Crippen LogP contribution in [0, 0.1) is 5.92 Å². The molecule has 0 aliphatic rings. The Bertz CT molecular complexity index is 2150. The highest BCUT2D eigenvalue weighted by Crippen LogP contribution is 2.15. The first kappa shape index (κ1) is 55.0. The van der Waals surface area contributed by atoms with Crippen molar-refractivity contribution in [1.82, 2.24) is 31.9 Å². The number of aliphatic carboxylic acids is 1. The Hall–Kier alpha value is -6.38. The molecule has 0 aromatic heterocycles. The highest BCUT2D eigenvalue weighted by molar-refractivity contribution is 9.10. The van der Waals surface area contributed by atoms with E-state index >= 15 is 0 Å². The topological polar surface area (TPSA) is 295 Å². The number of nitrogens with two attached hydrogens (primary N) is 1. The van der Waals surface area contributed by atoms with Crippen LogP contribution in [0.2, 0.25) is 0 Å². The molecule has 0 fully saturated rings. The Balaban J connectivity index is 1.92. The van der Waals surface area contributed by atoms with Gasteiger partial charge in [-0.3, -0.25) is 38.4 Å². The number of benzene rings is 3. The van der Waals surface area contributed by atoms with E-state index in [4.69, 9.17) is 10.8 Å². The Morgan fingerprint density at radius 2 is 1.12 bits per heavy atom. The minimum absolute atomic E-state index is 0.0502. The van der Waals surface area contributed by atoms with Crippen LogP contribution in [0.5, 0.6) is 5.75 Å². The molecule has 0 saturated heterocycles. The number of amides is 7. The molecule has 0 aliphatic heterocycles. The van der Waals surface area contributed by atoms with Crippen LogP contribution in [-0.4, -0.2) is 138 Å². The number of carboxylic acids is 1. The fourth-order valence-electron chi connectivity index (χ4n) is 6.80. The van der Waals surface area contributed by atoms with Gasteiger partial charge in [0.2, 0.25) is 35.4 Å². The number of phenolic OH excluding ortho intramolecular Hbond substituents is 1. The van der Waals surface area contributed by atoms with Gasteiger partial charge in [-0.2, -0.15) is 0 Å². The second-order valence-electron chi connectivity index (χ2n) is 17.6. The van der Waals surface area contributed by atoms with Crippen LogP contribution < -0.4 is 37.6 Å². The summed E-state index contributed by atoms with van der Waals surface area (Å²) < 4.78 is 1.36. The number of hydrogen-bond acceptors (Lipinski definition) is 10. The monoisotopic (exact) mass is 995 g/mol. The molecule has 7 amide bonds. The van der Waals surface area contributed by atoms with Gasteiger partial charge in [-0.1, -0.05) is 72.2 Å². The number of nitrogens with zero attached hydrogens (tertiary/aromatic N) is 1. The van der Waals surface area contributed by atoms with Gasteiger partial charge in [0.25, 0.3) is 5.91 Å². The van der Waals surface area contributed by atoms with Gasteiger partial charge in [-0.05, 0) is 79.1 Å². The van der Waals surface area contributed by atoms with E-state index in [1.54, 1.807) is 74.5 Å². The molecule has 0 bridgehead atoms. The molecule has 3 aromatic rings. The van der Waals surface area contributed by atoms with Crippen LogP contribution in [0.3, 0.4) is 0 Å². The van der Waals surface area contributed by atoms with Crippen molar-refractivity contribution < 1.29 is 58.2 Å². The van der Waals surface area contributed by atoms with Gasteiger partial charge in [0, 0.05) is 29.3 Å². The maximum Gasteiger partial charge on any atom is 0.303 e. The highest BCUT2D eigenvalue weighted by atomic mass is 79.9. The number of quaternary nitrogens is 1. The average Bonchev–Trinajstić information content (AvgIpc) is 3.26. The number of halogens is 1. The summed E-state index contributed by atoms with van der Waals surface area (Å²) >= 11 is 3.35. The van der Waals surface area contributed by atoms with Crippen LogP contribution in [-0.2, 0) is 46.4 Å². The first-order valence-electron chi connectivity index (χ1n) is 21.9. The van der Waals surface area contributed by atoms with Gasteiger partial charge in [0.05, 0.1) is 34.3 Å². The Morgan fingerprint density at radius 3 is 1.67 bits per heavy atom. The van der Waals surface area contributed by atoms with Crippen LogP contribution in [0.15, 0.2) is 83.3 Å². The smallest absolute Gasteiger partial charge is 0.303 e. The highest BCUT2D eigenvalue weighted by Gasteiger charge is 2.34. The Labute approximate surface area is 398 Å². The summed E-state index contributed by atoms with van der Waals surface area (Å²) in [6.07, 6.45) is 0.189. The molecule has 20 heteroatoms. The van der Waals surface area contributed by atoms with Crippen molar-refractivity contribution in [1.29, 1.82) is 0 Å². The molecule has 19 nitrogen and oxygen atoms in total. The zero-order valence-electron chi connectivity index (χ0n) is 38.4. The summed E-state index contributed by atoms with van der Waals surface area (Å²) in [6, 6.07) is 13.3. The molecule has 0 radical (unpaired) electrons. The van der Waals surface area contributed by atoms with E-state index in [2.05, 4.69) is 47.8 Å². The number of phenols is 1. The molecule has 0 spiro atoms. The lowest BCUT2D eigenvalue weighted by molar-refractivity contribution is -0.870. The maximum absolute atomic E-state index is 14.4. The van der Waals surface area contributed by atoms with E-state index in [9.17, 15) is 48.6 Å². The van der Waals surface area contributed by atoms with Crippen molar-refractivity contribution in [2.24, 2.45) is 11.7 Å². The number of aliphatic hydroxyl groups is 1. The van der Waals surface area contributed by atoms with Crippen molar-refractivity contribution in [3.05, 3.63) is 100 Å². The lowest BCUT2D eigenvalue weighted by Crippen LogP contribution is -2.61. The second-order valence-corrected chi connectivity index (χ2v) is 18.5. The molecule has 6 atom stereocenters. The quantitative estimate of drug-likeness (QED) is 0.0380. The number of unbranched alkanes of at least 4 members (excludes halogenated alkanes) is 1. The number of rotatable bonds is 27. The lowest BCUT2D eigenvalue weighted by atomic mass is 9.99. The lowest BCUT2D eigenvalue weighted by Gasteiger charge is -2.29. The SMILES string of the molecule is CC(C)[C@H](NC(=O)[C@H](Cc1ccccc1)NC(=O)c1ccc(Br)cc1)C(=O)N[C@@H](Cc1ccc(O)cc1)C(=O)N[C@@H](CCCC[N+](C)(C)C)C(=O)N[C@@H](CO)C(=O)N[C@@H](CCC(=O)O)C(N)=O. The number of aliphatic hydroxyl groups excluding tert-OH is 1. The fraction of sp³-hybridized carbons (Fsp3) is 0.447. The number of carboxylic acid groups (broad SMARTS) is 1. The molecule has 67 heavy (non-hydrogen) atoms. The minimum Gasteiger partial charge on any atom is -0.508 e. The van der Waals surface area contributed by atoms with Crippen molar-refractivity contribution in [3.63, 3.8) is 0 Å². The fourth-order valence-corrected chi connectivity index (χ4v) is 7.06. The van der Waals surface area contributed by atoms with E-state index < -0.39 is 103 Å². The summed E-state index contributed by atoms with van der Waals surface area (Å²) in [5, 5.41) is 44.8. The predicted octanol–water partition coefficient (Wildman–Crippen LogP) is 1.04. The molecule has 364 valence electrons. The summed E-state index contributed by atoms with van der Waals surface area (Å²) in [6.45, 7) is 3.14. The Morgan fingerprint density at radius 1 is 0.612 bits per heavy atom. The van der Waals surface area contributed by atoms with Gasteiger partial charge in [0.1, 0.15) is 42.0 Å². The summed E-state index contributed by atoms with van der Waals surface area (Å²) in [4.78, 5) is 106. The molecule has 0 saturated carbocycles. The molecule has 0 unspecified atom stereocenters. The van der Waals surface area contributed by atoms with E-state index in [0.29, 0.717) is 35.0 Å². The van der Waals surface area contributed by atoms with Crippen LogP contribution in [0.4, 0.5) is 0 Å². The summed E-state index contributed by atoms with van der Waals surface area (Å²) in [7, 11) is 5.96. The predicted molar refractivity (Wildman–Crippen MR) is 252 cm³/mol. The van der Waals surface area contributed by atoms with E-state index in [0.717, 1.165) is 10.0 Å². The molecule has 0 heterocycles. The molecular formula is C47H64BrN8O11+. The molecule has 0 aliphatic carbocycles. The zero-order chi connectivity index (χ0) is 49.8. The summed E-state index contributed by atoms with van der Waals surface area (Å²) in [5.74, 6) is -7.54. The van der Waals surface area contributed by atoms with Crippen molar-refractivity contribution in [2.75, 3.05) is 34.3 Å². The number of aromatic hydroxyl groups is 1. The van der Waals surface area contributed by atoms with Crippen LogP contribution in [0.25, 0.3) is 0 Å². The standard InChI is InChI=1S/C47H63BrN8O11/c1-28(2)40(55-45(65)37(25-29-11-7-6-8-12-29)52-42(62)31-16-18-32(48)19-17-31)47(67)53-36(26-30-14-20-33(58)21-15-30)44(64)51-35(13-9-10-24-56(3,4)5)43(63)54-38(27-57)46(66)50-34(41(49)61)22-23-39(59)60/h6-8,11-12,14-21,28,34-38,40,57H,9-10,13,22-27H2,1-5H3,(H9-,49,50,51,52,53,54,55,58,59,60,61,62,63,64,65,66,67)/p+1/t34-,35-,36-,37-,38-,40-/m0/s1. The van der Waals surface area contributed by atoms with Gasteiger partial charge in [-0.15, -0.1) is 0 Å². The molecule has 3 rings (SSSR count). The maximum atomic E-state index is 14.4. The number of carbonyl (C=O) groups is 8. The summed E-state index contributed by atoms with van der Waals surface area (Å²) in [5.41, 5.74) is 6.91. The normalized spacial score (nSPS) is 14.0. The molecule has 3 aromatic carbocycles. The van der Waals surface area contributed by atoms with Crippen LogP contribution in [0.1, 0.15) is 67.4 Å². The van der Waals surface area contributed by atoms with Crippen LogP contribution >= 0.6 is 15.9 Å². The largest absolute Gasteiger partial charge is 0.508 e. The van der Waals surface area contributed by atoms with E-state index in [1.165, 1.54) is 12.1 Å². The van der Waals surface area contributed by atoms with Gasteiger partial charge < -0.3 is 57.4 Å². The molecule has 11 N–H and O–H groups in total. The third kappa shape index (κ3) is 19.6. The number of nitrogens with one attached hydrogen (secondary N) is 6. The van der Waals surface area contributed by atoms with Crippen molar-refractivity contribution >= 4 is 63.2 Å². The Kier molecular flexibility index (Phi) is 21.9. The van der Waals surface area contributed by atoms with Gasteiger partial charge in [-0.25, -0.2) is 0 Å². The van der Waals surface area contributed by atoms with Crippen molar-refractivity contribution in [2.45, 2.75) is 95.0 Å². The van der Waals surface area contributed by atoms with E-state index in [1.807, 2.05) is 27.2 Å². The van der Waals surface area contributed by atoms with E-state index in [-0.39, 0.29) is 31.4 Å². The van der Waals surface area contributed by atoms with Crippen molar-refractivity contribution in [3.8, 4) is 5.75 Å². The number of hydrogen-bond donors (Lipinski definition) is 10. The third-order valence-corrected chi connectivity index (χ3v) is 11.1. The number of carbonyl (C=O) groups excluding carboxylic acids is 7. The average molecular weight is 997 g/mol. The molecular weight excluding hydrogens is 932 g/mol. The minimum atomic E-state index is -1.64. The first-order valence-corrected chi connectivity index (χ1v) is 22.7. The number of primary amides is 1. The zero-order valence-corrected chi connectivity index (χ0v) is 40.0. The second kappa shape index (κ2) is 26.7. The van der Waals surface area contributed by atoms with Gasteiger partial charge in [0.15, 0.2) is 0 Å². The third-order valence-electron chi connectivity index (χ3n) is 10.6.